The Morgan fingerprint density at radius 2 is 1.94 bits per heavy atom. The highest BCUT2D eigenvalue weighted by Crippen LogP contribution is 1.97. The van der Waals surface area contributed by atoms with Gasteiger partial charge in [0.25, 0.3) is 0 Å². The Hall–Kier alpha value is -0.900. The molecule has 0 rings (SSSR count). The van der Waals surface area contributed by atoms with Crippen molar-refractivity contribution in [3.8, 4) is 0 Å². The van der Waals surface area contributed by atoms with E-state index in [2.05, 4.69) is 6.92 Å². The topological polar surface area (TPSA) is 52.6 Å². The molecule has 0 amide bonds. The number of ketones is 1. The van der Waals surface area contributed by atoms with Gasteiger partial charge in [-0.1, -0.05) is 27.2 Å². The van der Waals surface area contributed by atoms with Gasteiger partial charge in [-0.3, -0.25) is 9.59 Å². The maximum Gasteiger partial charge on any atom is 0.313 e. The molecule has 0 spiro atoms. The van der Waals surface area contributed by atoms with Gasteiger partial charge >= 0.3 is 5.97 Å². The molecule has 0 saturated carbocycles. The SMILES string of the molecule is CCCCOCC(=O)CC(=O)OCC(C)C. The van der Waals surface area contributed by atoms with E-state index in [9.17, 15) is 9.59 Å². The fourth-order valence-corrected chi connectivity index (χ4v) is 0.955. The second-order valence-corrected chi connectivity index (χ2v) is 4.20. The number of rotatable bonds is 9. The van der Waals surface area contributed by atoms with Gasteiger partial charge < -0.3 is 9.47 Å². The van der Waals surface area contributed by atoms with Crippen molar-refractivity contribution in [3.63, 3.8) is 0 Å². The molecule has 0 aromatic heterocycles. The highest BCUT2D eigenvalue weighted by molar-refractivity contribution is 5.96. The van der Waals surface area contributed by atoms with Crippen LogP contribution in [0.1, 0.15) is 40.0 Å². The van der Waals surface area contributed by atoms with Crippen molar-refractivity contribution in [2.45, 2.75) is 40.0 Å². The minimum atomic E-state index is -0.460. The van der Waals surface area contributed by atoms with Gasteiger partial charge in [-0.15, -0.1) is 0 Å². The Labute approximate surface area is 97.3 Å². The van der Waals surface area contributed by atoms with Crippen LogP contribution in [-0.4, -0.2) is 31.6 Å². The Morgan fingerprint density at radius 3 is 2.50 bits per heavy atom. The smallest absolute Gasteiger partial charge is 0.313 e. The van der Waals surface area contributed by atoms with Crippen LogP contribution in [0.15, 0.2) is 0 Å². The van der Waals surface area contributed by atoms with Crippen LogP contribution in [0, 0.1) is 5.92 Å². The molecule has 0 saturated heterocycles. The highest BCUT2D eigenvalue weighted by Gasteiger charge is 2.11. The maximum atomic E-state index is 11.2. The minimum Gasteiger partial charge on any atom is -0.465 e. The lowest BCUT2D eigenvalue weighted by atomic mass is 10.2. The second-order valence-electron chi connectivity index (χ2n) is 4.20. The number of carbonyl (C=O) groups excluding carboxylic acids is 2. The van der Waals surface area contributed by atoms with Gasteiger partial charge in [0, 0.05) is 6.61 Å². The Balaban J connectivity index is 3.51. The van der Waals surface area contributed by atoms with Gasteiger partial charge in [-0.25, -0.2) is 0 Å². The molecule has 0 aliphatic rings. The fourth-order valence-electron chi connectivity index (χ4n) is 0.955. The zero-order chi connectivity index (χ0) is 12.4. The van der Waals surface area contributed by atoms with E-state index >= 15 is 0 Å². The summed E-state index contributed by atoms with van der Waals surface area (Å²) < 4.78 is 9.99. The monoisotopic (exact) mass is 230 g/mol. The van der Waals surface area contributed by atoms with Crippen LogP contribution in [0.25, 0.3) is 0 Å². The molecular formula is C12H22O4. The molecule has 0 aliphatic heterocycles. The lowest BCUT2D eigenvalue weighted by Crippen LogP contribution is -2.17. The molecule has 16 heavy (non-hydrogen) atoms. The molecule has 0 aromatic rings. The Bertz CT molecular complexity index is 211. The molecule has 0 N–H and O–H groups in total. The summed E-state index contributed by atoms with van der Waals surface area (Å²) in [7, 11) is 0. The van der Waals surface area contributed by atoms with Gasteiger partial charge in [0.05, 0.1) is 6.61 Å². The van der Waals surface area contributed by atoms with Crippen LogP contribution < -0.4 is 0 Å². The first-order valence-electron chi connectivity index (χ1n) is 5.81. The van der Waals surface area contributed by atoms with Gasteiger partial charge in [0.1, 0.15) is 13.0 Å². The second kappa shape index (κ2) is 9.33. The predicted molar refractivity (Wildman–Crippen MR) is 61.1 cm³/mol. The molecule has 0 unspecified atom stereocenters. The van der Waals surface area contributed by atoms with E-state index in [4.69, 9.17) is 9.47 Å². The summed E-state index contributed by atoms with van der Waals surface area (Å²) in [5.41, 5.74) is 0. The highest BCUT2D eigenvalue weighted by atomic mass is 16.5. The summed E-state index contributed by atoms with van der Waals surface area (Å²) in [5.74, 6) is -0.387. The normalized spacial score (nSPS) is 10.5. The Morgan fingerprint density at radius 1 is 1.25 bits per heavy atom. The quantitative estimate of drug-likeness (QED) is 0.345. The predicted octanol–water partition coefficient (Wildman–Crippen LogP) is 1.96. The lowest BCUT2D eigenvalue weighted by molar-refractivity contribution is -0.147. The van der Waals surface area contributed by atoms with Crippen LogP contribution in [0.3, 0.4) is 0 Å². The summed E-state index contributed by atoms with van der Waals surface area (Å²) in [6.07, 6.45) is 1.79. The van der Waals surface area contributed by atoms with Crippen LogP contribution >= 0.6 is 0 Å². The number of ether oxygens (including phenoxy) is 2. The van der Waals surface area contributed by atoms with E-state index in [1.165, 1.54) is 0 Å². The van der Waals surface area contributed by atoms with Crippen molar-refractivity contribution in [1.82, 2.24) is 0 Å². The molecule has 0 heterocycles. The molecular weight excluding hydrogens is 208 g/mol. The zero-order valence-electron chi connectivity index (χ0n) is 10.5. The number of hydrogen-bond donors (Lipinski definition) is 0. The first kappa shape index (κ1) is 15.1. The zero-order valence-corrected chi connectivity index (χ0v) is 10.5. The fraction of sp³-hybridized carbons (Fsp3) is 0.833. The summed E-state index contributed by atoms with van der Waals surface area (Å²) in [5, 5.41) is 0. The number of esters is 1. The minimum absolute atomic E-state index is 0.0107. The molecule has 0 aromatic carbocycles. The number of unbranched alkanes of at least 4 members (excludes halogenated alkanes) is 1. The van der Waals surface area contributed by atoms with Crippen molar-refractivity contribution >= 4 is 11.8 Å². The van der Waals surface area contributed by atoms with Crippen molar-refractivity contribution in [1.29, 1.82) is 0 Å². The molecule has 4 heteroatoms. The molecule has 0 bridgehead atoms. The molecule has 0 radical (unpaired) electrons. The van der Waals surface area contributed by atoms with E-state index in [0.717, 1.165) is 12.8 Å². The number of carbonyl (C=O) groups is 2. The van der Waals surface area contributed by atoms with Crippen molar-refractivity contribution in [2.75, 3.05) is 19.8 Å². The van der Waals surface area contributed by atoms with Crippen LogP contribution in [0.5, 0.6) is 0 Å². The van der Waals surface area contributed by atoms with Gasteiger partial charge in [0.2, 0.25) is 0 Å². The average Bonchev–Trinajstić information content (AvgIpc) is 2.21. The molecule has 94 valence electrons. The van der Waals surface area contributed by atoms with E-state index in [1.54, 1.807) is 0 Å². The maximum absolute atomic E-state index is 11.2. The third kappa shape index (κ3) is 9.65. The third-order valence-corrected chi connectivity index (χ3v) is 1.82. The van der Waals surface area contributed by atoms with Gasteiger partial charge in [0.15, 0.2) is 5.78 Å². The van der Waals surface area contributed by atoms with Crippen molar-refractivity contribution < 1.29 is 19.1 Å². The van der Waals surface area contributed by atoms with Crippen LogP contribution in [0.2, 0.25) is 0 Å². The summed E-state index contributed by atoms with van der Waals surface area (Å²) in [6, 6.07) is 0. The van der Waals surface area contributed by atoms with Crippen LogP contribution in [-0.2, 0) is 19.1 Å². The Kier molecular flexibility index (Phi) is 8.81. The lowest BCUT2D eigenvalue weighted by Gasteiger charge is -2.06. The first-order chi connectivity index (χ1) is 7.56. The summed E-state index contributed by atoms with van der Waals surface area (Å²) >= 11 is 0. The number of Topliss-reactive ketones (excluding diaryl/α,β-unsaturated/α-hetero) is 1. The standard InChI is InChI=1S/C12H22O4/c1-4-5-6-15-9-11(13)7-12(14)16-8-10(2)3/h10H,4-9H2,1-3H3. The molecule has 0 atom stereocenters. The van der Waals surface area contributed by atoms with E-state index in [-0.39, 0.29) is 18.8 Å². The third-order valence-electron chi connectivity index (χ3n) is 1.82. The van der Waals surface area contributed by atoms with Crippen molar-refractivity contribution in [2.24, 2.45) is 5.92 Å². The van der Waals surface area contributed by atoms with Gasteiger partial charge in [-0.2, -0.15) is 0 Å². The molecule has 0 aliphatic carbocycles. The molecule has 4 nitrogen and oxygen atoms in total. The summed E-state index contributed by atoms with van der Waals surface area (Å²) in [6.45, 7) is 6.89. The van der Waals surface area contributed by atoms with E-state index < -0.39 is 5.97 Å². The first-order valence-corrected chi connectivity index (χ1v) is 5.81. The van der Waals surface area contributed by atoms with E-state index in [0.29, 0.717) is 19.1 Å². The largest absolute Gasteiger partial charge is 0.465 e. The molecule has 0 fully saturated rings. The van der Waals surface area contributed by atoms with Crippen LogP contribution in [0.4, 0.5) is 0 Å². The van der Waals surface area contributed by atoms with E-state index in [1.807, 2.05) is 13.8 Å². The average molecular weight is 230 g/mol. The van der Waals surface area contributed by atoms with Crippen molar-refractivity contribution in [3.05, 3.63) is 0 Å². The van der Waals surface area contributed by atoms with Gasteiger partial charge in [-0.05, 0) is 12.3 Å². The number of hydrogen-bond acceptors (Lipinski definition) is 4. The summed E-state index contributed by atoms with van der Waals surface area (Å²) in [4.78, 5) is 22.4.